The van der Waals surface area contributed by atoms with Crippen LogP contribution < -0.4 is 0 Å². The van der Waals surface area contributed by atoms with E-state index in [1.165, 1.54) is 22.6 Å². The van der Waals surface area contributed by atoms with Crippen LogP contribution in [-0.4, -0.2) is 41.9 Å². The molecule has 0 radical (unpaired) electrons. The van der Waals surface area contributed by atoms with Crippen molar-refractivity contribution in [3.05, 3.63) is 24.0 Å². The first kappa shape index (κ1) is 14.4. The second-order valence-electron chi connectivity index (χ2n) is 4.58. The summed E-state index contributed by atoms with van der Waals surface area (Å²) in [6.07, 6.45) is 1.81. The fourth-order valence-corrected chi connectivity index (χ4v) is 3.87. The number of aromatic nitrogens is 1. The number of pyridine rings is 1. The highest BCUT2D eigenvalue weighted by Gasteiger charge is 2.34. The summed E-state index contributed by atoms with van der Waals surface area (Å²) in [4.78, 5) is 14.3. The minimum absolute atomic E-state index is 0.0514. The lowest BCUT2D eigenvalue weighted by atomic mass is 10.1. The quantitative estimate of drug-likeness (QED) is 0.862. The molecule has 1 aliphatic heterocycles. The SMILES string of the molecule is N#Cc1ncccc1S(=O)(=O)N1CCC(CC(=O)O)C1. The van der Waals surface area contributed by atoms with Crippen molar-refractivity contribution < 1.29 is 18.3 Å². The normalized spacial score (nSPS) is 19.6. The first-order valence-electron chi connectivity index (χ1n) is 6.02. The number of carboxylic acids is 1. The number of carbonyl (C=O) groups is 1. The highest BCUT2D eigenvalue weighted by atomic mass is 32.2. The number of hydrogen-bond donors (Lipinski definition) is 1. The first-order chi connectivity index (χ1) is 9.45. The van der Waals surface area contributed by atoms with E-state index in [2.05, 4.69) is 4.98 Å². The molecule has 0 saturated carbocycles. The van der Waals surface area contributed by atoms with Gasteiger partial charge in [0.05, 0.1) is 0 Å². The Hall–Kier alpha value is -1.98. The molecule has 1 aliphatic rings. The van der Waals surface area contributed by atoms with Crippen LogP contribution in [0.1, 0.15) is 18.5 Å². The molecule has 1 N–H and O–H groups in total. The van der Waals surface area contributed by atoms with Gasteiger partial charge < -0.3 is 5.11 Å². The maximum Gasteiger partial charge on any atom is 0.303 e. The maximum atomic E-state index is 12.4. The second-order valence-corrected chi connectivity index (χ2v) is 6.48. The van der Waals surface area contributed by atoms with E-state index in [1.54, 1.807) is 6.07 Å². The van der Waals surface area contributed by atoms with Crippen molar-refractivity contribution >= 4 is 16.0 Å². The van der Waals surface area contributed by atoms with Gasteiger partial charge in [-0.25, -0.2) is 13.4 Å². The van der Waals surface area contributed by atoms with Gasteiger partial charge in [-0.3, -0.25) is 4.79 Å². The van der Waals surface area contributed by atoms with Crippen molar-refractivity contribution in [2.45, 2.75) is 17.7 Å². The van der Waals surface area contributed by atoms with E-state index in [1.807, 2.05) is 0 Å². The summed E-state index contributed by atoms with van der Waals surface area (Å²) in [5, 5.41) is 17.7. The van der Waals surface area contributed by atoms with Gasteiger partial charge in [-0.2, -0.15) is 9.57 Å². The van der Waals surface area contributed by atoms with Crippen molar-refractivity contribution in [3.8, 4) is 6.07 Å². The Kier molecular flexibility index (Phi) is 4.01. The molecule has 2 rings (SSSR count). The summed E-state index contributed by atoms with van der Waals surface area (Å²) in [5.74, 6) is -1.13. The third-order valence-electron chi connectivity index (χ3n) is 3.21. The molecule has 0 bridgehead atoms. The Balaban J connectivity index is 2.24. The van der Waals surface area contributed by atoms with Crippen molar-refractivity contribution in [3.63, 3.8) is 0 Å². The third kappa shape index (κ3) is 2.79. The number of nitriles is 1. The fraction of sp³-hybridized carbons (Fsp3) is 0.417. The largest absolute Gasteiger partial charge is 0.481 e. The predicted molar refractivity (Wildman–Crippen MR) is 68.1 cm³/mol. The molecule has 0 aromatic carbocycles. The zero-order chi connectivity index (χ0) is 14.8. The first-order valence-corrected chi connectivity index (χ1v) is 7.46. The van der Waals surface area contributed by atoms with Crippen LogP contribution in [-0.2, 0) is 14.8 Å². The smallest absolute Gasteiger partial charge is 0.303 e. The van der Waals surface area contributed by atoms with Gasteiger partial charge in [0.2, 0.25) is 10.0 Å². The molecule has 0 aliphatic carbocycles. The third-order valence-corrected chi connectivity index (χ3v) is 5.10. The summed E-state index contributed by atoms with van der Waals surface area (Å²) in [7, 11) is -3.79. The fourth-order valence-electron chi connectivity index (χ4n) is 2.25. The highest BCUT2D eigenvalue weighted by Crippen LogP contribution is 2.27. The topological polar surface area (TPSA) is 111 Å². The molecule has 1 unspecified atom stereocenters. The van der Waals surface area contributed by atoms with Crippen LogP contribution in [0.2, 0.25) is 0 Å². The van der Waals surface area contributed by atoms with Gasteiger partial charge in [0.1, 0.15) is 11.0 Å². The number of sulfonamides is 1. The van der Waals surface area contributed by atoms with Crippen LogP contribution in [0, 0.1) is 17.2 Å². The molecule has 1 aromatic rings. The lowest BCUT2D eigenvalue weighted by molar-refractivity contribution is -0.137. The summed E-state index contributed by atoms with van der Waals surface area (Å²) in [6.45, 7) is 0.425. The highest BCUT2D eigenvalue weighted by molar-refractivity contribution is 7.89. The Labute approximate surface area is 116 Å². The molecule has 1 aromatic heterocycles. The van der Waals surface area contributed by atoms with E-state index < -0.39 is 16.0 Å². The summed E-state index contributed by atoms with van der Waals surface area (Å²) in [5.41, 5.74) is -0.144. The van der Waals surface area contributed by atoms with Crippen molar-refractivity contribution in [1.82, 2.24) is 9.29 Å². The number of hydrogen-bond acceptors (Lipinski definition) is 5. The molecule has 2 heterocycles. The Morgan fingerprint density at radius 1 is 1.60 bits per heavy atom. The molecule has 0 amide bonds. The van der Waals surface area contributed by atoms with Crippen LogP contribution >= 0.6 is 0 Å². The maximum absolute atomic E-state index is 12.4. The van der Waals surface area contributed by atoms with Crippen LogP contribution in [0.5, 0.6) is 0 Å². The minimum atomic E-state index is -3.79. The molecule has 1 saturated heterocycles. The van der Waals surface area contributed by atoms with E-state index >= 15 is 0 Å². The average Bonchev–Trinajstić information content (AvgIpc) is 2.87. The van der Waals surface area contributed by atoms with Gasteiger partial charge in [-0.05, 0) is 24.5 Å². The standard InChI is InChI=1S/C12H13N3O4S/c13-7-10-11(2-1-4-14-10)20(18,19)15-5-3-9(8-15)6-12(16)17/h1-2,4,9H,3,5-6,8H2,(H,16,17). The average molecular weight is 295 g/mol. The van der Waals surface area contributed by atoms with Crippen molar-refractivity contribution in [2.75, 3.05) is 13.1 Å². The molecular formula is C12H13N3O4S. The minimum Gasteiger partial charge on any atom is -0.481 e. The summed E-state index contributed by atoms with van der Waals surface area (Å²) >= 11 is 0. The molecule has 20 heavy (non-hydrogen) atoms. The number of rotatable bonds is 4. The van der Waals surface area contributed by atoms with Gasteiger partial charge in [0.25, 0.3) is 0 Å². The second kappa shape index (κ2) is 5.56. The van der Waals surface area contributed by atoms with E-state index in [-0.39, 0.29) is 36.0 Å². The van der Waals surface area contributed by atoms with Gasteiger partial charge in [0.15, 0.2) is 5.69 Å². The molecule has 106 valence electrons. The van der Waals surface area contributed by atoms with Gasteiger partial charge >= 0.3 is 5.97 Å². The number of carboxylic acid groups (broad SMARTS) is 1. The molecule has 8 heteroatoms. The Morgan fingerprint density at radius 3 is 3.00 bits per heavy atom. The molecule has 7 nitrogen and oxygen atoms in total. The lowest BCUT2D eigenvalue weighted by Gasteiger charge is -2.16. The molecule has 1 atom stereocenters. The molecular weight excluding hydrogens is 282 g/mol. The molecule has 1 fully saturated rings. The van der Waals surface area contributed by atoms with Crippen LogP contribution in [0.25, 0.3) is 0 Å². The van der Waals surface area contributed by atoms with E-state index in [4.69, 9.17) is 10.4 Å². The van der Waals surface area contributed by atoms with Crippen LogP contribution in [0.4, 0.5) is 0 Å². The predicted octanol–water partition coefficient (Wildman–Crippen LogP) is 0.439. The van der Waals surface area contributed by atoms with Crippen molar-refractivity contribution in [1.29, 1.82) is 5.26 Å². The number of nitrogens with zero attached hydrogens (tertiary/aromatic N) is 3. The van der Waals surface area contributed by atoms with E-state index in [0.29, 0.717) is 6.42 Å². The lowest BCUT2D eigenvalue weighted by Crippen LogP contribution is -2.30. The summed E-state index contributed by atoms with van der Waals surface area (Å²) in [6, 6.07) is 4.55. The Morgan fingerprint density at radius 2 is 2.35 bits per heavy atom. The van der Waals surface area contributed by atoms with Gasteiger partial charge in [-0.1, -0.05) is 0 Å². The number of aliphatic carboxylic acids is 1. The van der Waals surface area contributed by atoms with Crippen molar-refractivity contribution in [2.24, 2.45) is 5.92 Å². The van der Waals surface area contributed by atoms with Crippen LogP contribution in [0.3, 0.4) is 0 Å². The molecule has 0 spiro atoms. The zero-order valence-electron chi connectivity index (χ0n) is 10.6. The Bertz CT molecular complexity index is 666. The summed E-state index contributed by atoms with van der Waals surface area (Å²) < 4.78 is 26.1. The van der Waals surface area contributed by atoms with Gasteiger partial charge in [-0.15, -0.1) is 0 Å². The van der Waals surface area contributed by atoms with Crippen LogP contribution in [0.15, 0.2) is 23.2 Å². The van der Waals surface area contributed by atoms with E-state index in [0.717, 1.165) is 0 Å². The monoisotopic (exact) mass is 295 g/mol. The van der Waals surface area contributed by atoms with E-state index in [9.17, 15) is 13.2 Å². The zero-order valence-corrected chi connectivity index (χ0v) is 11.4. The van der Waals surface area contributed by atoms with Gasteiger partial charge in [0, 0.05) is 25.7 Å².